The Balaban J connectivity index is 1.98. The fourth-order valence-corrected chi connectivity index (χ4v) is 2.43. The van der Waals surface area contributed by atoms with Gasteiger partial charge in [-0.1, -0.05) is 12.1 Å². The quantitative estimate of drug-likeness (QED) is 0.653. The van der Waals surface area contributed by atoms with Gasteiger partial charge in [0, 0.05) is 25.2 Å². The molecule has 1 aromatic carbocycles. The van der Waals surface area contributed by atoms with Crippen LogP contribution in [-0.2, 0) is 6.54 Å². The van der Waals surface area contributed by atoms with Crippen molar-refractivity contribution in [3.63, 3.8) is 0 Å². The van der Waals surface area contributed by atoms with Crippen LogP contribution in [0, 0.1) is 16.0 Å². The van der Waals surface area contributed by atoms with Crippen molar-refractivity contribution in [2.75, 3.05) is 13.1 Å². The topological polar surface area (TPSA) is 66.6 Å². The van der Waals surface area contributed by atoms with Gasteiger partial charge in [0.1, 0.15) is 0 Å². The zero-order valence-electron chi connectivity index (χ0n) is 10.5. The molecule has 98 valence electrons. The van der Waals surface area contributed by atoms with Crippen LogP contribution in [0.1, 0.15) is 18.9 Å². The highest BCUT2D eigenvalue weighted by Crippen LogP contribution is 2.22. The lowest BCUT2D eigenvalue weighted by Crippen LogP contribution is -2.23. The third kappa shape index (κ3) is 3.05. The van der Waals surface area contributed by atoms with E-state index in [1.165, 1.54) is 6.07 Å². The minimum Gasteiger partial charge on any atom is -0.393 e. The van der Waals surface area contributed by atoms with E-state index in [9.17, 15) is 15.2 Å². The maximum absolute atomic E-state index is 10.7. The van der Waals surface area contributed by atoms with E-state index in [2.05, 4.69) is 4.90 Å². The van der Waals surface area contributed by atoms with Gasteiger partial charge in [-0.25, -0.2) is 0 Å². The number of aliphatic hydroxyl groups is 1. The third-order valence-corrected chi connectivity index (χ3v) is 3.52. The highest BCUT2D eigenvalue weighted by molar-refractivity contribution is 5.34. The molecule has 1 aliphatic rings. The van der Waals surface area contributed by atoms with Gasteiger partial charge in [0.25, 0.3) is 5.69 Å². The Morgan fingerprint density at radius 1 is 1.61 bits per heavy atom. The van der Waals surface area contributed by atoms with Gasteiger partial charge in [0.05, 0.1) is 11.0 Å². The lowest BCUT2D eigenvalue weighted by Gasteiger charge is -2.17. The molecule has 18 heavy (non-hydrogen) atoms. The second kappa shape index (κ2) is 5.46. The molecule has 0 aliphatic carbocycles. The van der Waals surface area contributed by atoms with Crippen LogP contribution in [0.4, 0.5) is 5.69 Å². The van der Waals surface area contributed by atoms with Gasteiger partial charge in [0.2, 0.25) is 0 Å². The minimum atomic E-state index is -0.369. The number of hydrogen-bond acceptors (Lipinski definition) is 4. The fraction of sp³-hybridized carbons (Fsp3) is 0.538. The Kier molecular flexibility index (Phi) is 3.93. The number of hydrogen-bond donors (Lipinski definition) is 1. The average molecular weight is 250 g/mol. The highest BCUT2D eigenvalue weighted by atomic mass is 16.6. The van der Waals surface area contributed by atoms with Gasteiger partial charge >= 0.3 is 0 Å². The van der Waals surface area contributed by atoms with Gasteiger partial charge < -0.3 is 5.11 Å². The molecule has 2 rings (SSSR count). The van der Waals surface area contributed by atoms with E-state index in [0.717, 1.165) is 25.1 Å². The van der Waals surface area contributed by atoms with Crippen molar-refractivity contribution >= 4 is 5.69 Å². The summed E-state index contributed by atoms with van der Waals surface area (Å²) in [6.45, 7) is 4.34. The molecule has 2 unspecified atom stereocenters. The van der Waals surface area contributed by atoms with Crippen molar-refractivity contribution in [2.24, 2.45) is 5.92 Å². The van der Waals surface area contributed by atoms with E-state index < -0.39 is 0 Å². The molecule has 0 saturated carbocycles. The van der Waals surface area contributed by atoms with Gasteiger partial charge in [-0.15, -0.1) is 0 Å². The third-order valence-electron chi connectivity index (χ3n) is 3.52. The van der Waals surface area contributed by atoms with Crippen LogP contribution in [0.25, 0.3) is 0 Å². The predicted molar refractivity (Wildman–Crippen MR) is 68.2 cm³/mol. The fourth-order valence-electron chi connectivity index (χ4n) is 2.43. The number of non-ortho nitro benzene ring substituents is 1. The molecule has 1 N–H and O–H groups in total. The summed E-state index contributed by atoms with van der Waals surface area (Å²) in [7, 11) is 0. The number of aliphatic hydroxyl groups excluding tert-OH is 1. The molecule has 1 aliphatic heterocycles. The number of benzene rings is 1. The highest BCUT2D eigenvalue weighted by Gasteiger charge is 2.25. The van der Waals surface area contributed by atoms with Gasteiger partial charge in [-0.2, -0.15) is 0 Å². The number of nitrogens with zero attached hydrogens (tertiary/aromatic N) is 2. The standard InChI is InChI=1S/C13H18N2O3/c1-10(16)12-5-6-14(9-12)8-11-3-2-4-13(7-11)15(17)18/h2-4,7,10,12,16H,5-6,8-9H2,1H3. The molecule has 5 heteroatoms. The molecule has 5 nitrogen and oxygen atoms in total. The largest absolute Gasteiger partial charge is 0.393 e. The zero-order valence-corrected chi connectivity index (χ0v) is 10.5. The maximum Gasteiger partial charge on any atom is 0.269 e. The zero-order chi connectivity index (χ0) is 13.1. The first-order valence-corrected chi connectivity index (χ1v) is 6.20. The molecule has 2 atom stereocenters. The molecule has 1 aromatic rings. The second-order valence-electron chi connectivity index (χ2n) is 4.95. The summed E-state index contributed by atoms with van der Waals surface area (Å²) in [5, 5.41) is 20.2. The summed E-state index contributed by atoms with van der Waals surface area (Å²) in [6, 6.07) is 6.75. The van der Waals surface area contributed by atoms with E-state index in [-0.39, 0.29) is 16.7 Å². The van der Waals surface area contributed by atoms with Crippen LogP contribution >= 0.6 is 0 Å². The SMILES string of the molecule is CC(O)C1CCN(Cc2cccc([N+](=O)[O-])c2)C1. The Labute approximate surface area is 106 Å². The van der Waals surface area contributed by atoms with E-state index in [1.807, 2.05) is 13.0 Å². The number of nitro benzene ring substituents is 1. The van der Waals surface area contributed by atoms with Gasteiger partial charge in [-0.05, 0) is 31.4 Å². The van der Waals surface area contributed by atoms with Crippen molar-refractivity contribution in [1.82, 2.24) is 4.90 Å². The number of rotatable bonds is 4. The summed E-state index contributed by atoms with van der Waals surface area (Å²) in [5.74, 6) is 0.323. The van der Waals surface area contributed by atoms with Crippen LogP contribution in [-0.4, -0.2) is 34.1 Å². The van der Waals surface area contributed by atoms with Crippen molar-refractivity contribution < 1.29 is 10.0 Å². The van der Waals surface area contributed by atoms with E-state index in [0.29, 0.717) is 12.5 Å². The van der Waals surface area contributed by atoms with Crippen molar-refractivity contribution in [2.45, 2.75) is 26.0 Å². The maximum atomic E-state index is 10.7. The van der Waals surface area contributed by atoms with Gasteiger partial charge in [-0.3, -0.25) is 15.0 Å². The summed E-state index contributed by atoms with van der Waals surface area (Å²) >= 11 is 0. The number of likely N-dealkylation sites (tertiary alicyclic amines) is 1. The van der Waals surface area contributed by atoms with Crippen molar-refractivity contribution in [1.29, 1.82) is 0 Å². The molecule has 0 aromatic heterocycles. The summed E-state index contributed by atoms with van der Waals surface area (Å²) < 4.78 is 0. The van der Waals surface area contributed by atoms with E-state index >= 15 is 0 Å². The average Bonchev–Trinajstić information content (AvgIpc) is 2.78. The first-order valence-electron chi connectivity index (χ1n) is 6.20. The first kappa shape index (κ1) is 13.0. The normalized spacial score (nSPS) is 22.0. The Morgan fingerprint density at radius 3 is 3.00 bits per heavy atom. The molecule has 1 fully saturated rings. The molecular formula is C13H18N2O3. The first-order chi connectivity index (χ1) is 8.56. The monoisotopic (exact) mass is 250 g/mol. The van der Waals surface area contributed by atoms with Crippen molar-refractivity contribution in [3.8, 4) is 0 Å². The Morgan fingerprint density at radius 2 is 2.39 bits per heavy atom. The predicted octanol–water partition coefficient (Wildman–Crippen LogP) is 1.80. The molecule has 0 bridgehead atoms. The second-order valence-corrected chi connectivity index (χ2v) is 4.95. The molecular weight excluding hydrogens is 232 g/mol. The smallest absolute Gasteiger partial charge is 0.269 e. The molecule has 1 heterocycles. The van der Waals surface area contributed by atoms with Crippen LogP contribution < -0.4 is 0 Å². The molecule has 1 saturated heterocycles. The number of nitro groups is 1. The Bertz CT molecular complexity index is 434. The molecule has 0 amide bonds. The summed E-state index contributed by atoms with van der Waals surface area (Å²) in [4.78, 5) is 12.6. The van der Waals surface area contributed by atoms with E-state index in [4.69, 9.17) is 0 Å². The molecule has 0 radical (unpaired) electrons. The minimum absolute atomic E-state index is 0.138. The lowest BCUT2D eigenvalue weighted by molar-refractivity contribution is -0.384. The summed E-state index contributed by atoms with van der Waals surface area (Å²) in [6.07, 6.45) is 0.715. The van der Waals surface area contributed by atoms with Gasteiger partial charge in [0.15, 0.2) is 0 Å². The van der Waals surface area contributed by atoms with Crippen LogP contribution in [0.15, 0.2) is 24.3 Å². The van der Waals surface area contributed by atoms with Crippen LogP contribution in [0.3, 0.4) is 0 Å². The Hall–Kier alpha value is -1.46. The molecule has 0 spiro atoms. The lowest BCUT2D eigenvalue weighted by atomic mass is 10.0. The van der Waals surface area contributed by atoms with Crippen molar-refractivity contribution in [3.05, 3.63) is 39.9 Å². The van der Waals surface area contributed by atoms with Crippen LogP contribution in [0.2, 0.25) is 0 Å². The van der Waals surface area contributed by atoms with Crippen LogP contribution in [0.5, 0.6) is 0 Å². The van der Waals surface area contributed by atoms with E-state index in [1.54, 1.807) is 12.1 Å². The summed E-state index contributed by atoms with van der Waals surface area (Å²) in [5.41, 5.74) is 1.09.